The molecule has 1 heterocycles. The first-order valence-corrected chi connectivity index (χ1v) is 8.38. The summed E-state index contributed by atoms with van der Waals surface area (Å²) in [6.45, 7) is 12.1. The van der Waals surface area contributed by atoms with Crippen molar-refractivity contribution in [3.8, 4) is 0 Å². The molecule has 0 bridgehead atoms. The summed E-state index contributed by atoms with van der Waals surface area (Å²) in [4.78, 5) is 0. The van der Waals surface area contributed by atoms with E-state index in [0.717, 1.165) is 12.5 Å². The van der Waals surface area contributed by atoms with Crippen LogP contribution in [0.15, 0.2) is 0 Å². The number of hydrogen-bond donors (Lipinski definition) is 1. The van der Waals surface area contributed by atoms with Crippen molar-refractivity contribution in [1.82, 2.24) is 15.1 Å². The molecule has 1 saturated carbocycles. The summed E-state index contributed by atoms with van der Waals surface area (Å²) in [5, 5.41) is 8.56. The van der Waals surface area contributed by atoms with Gasteiger partial charge in [-0.2, -0.15) is 5.10 Å². The fraction of sp³-hybridized carbons (Fsp3) is 0.824. The fourth-order valence-corrected chi connectivity index (χ4v) is 3.97. The maximum Gasteiger partial charge on any atom is 0.0644 e. The van der Waals surface area contributed by atoms with Gasteiger partial charge < -0.3 is 5.32 Å². The Kier molecular flexibility index (Phi) is 5.25. The van der Waals surface area contributed by atoms with Crippen molar-refractivity contribution in [3.05, 3.63) is 17.0 Å². The third-order valence-corrected chi connectivity index (χ3v) is 5.07. The molecule has 20 heavy (non-hydrogen) atoms. The summed E-state index contributed by atoms with van der Waals surface area (Å²) in [5.74, 6) is 0.855. The molecule has 3 unspecified atom stereocenters. The molecule has 1 N–H and O–H groups in total. The summed E-state index contributed by atoms with van der Waals surface area (Å²) in [5.41, 5.74) is 3.93. The maximum atomic E-state index is 4.66. The van der Waals surface area contributed by atoms with E-state index < -0.39 is 0 Å². The zero-order valence-electron chi connectivity index (χ0n) is 13.9. The Morgan fingerprint density at radius 1 is 1.25 bits per heavy atom. The Bertz CT molecular complexity index is 436. The number of nitrogens with one attached hydrogen (secondary N) is 1. The lowest BCUT2D eigenvalue weighted by molar-refractivity contribution is 0.240. The van der Waals surface area contributed by atoms with Crippen LogP contribution in [-0.4, -0.2) is 15.8 Å². The molecule has 1 aromatic rings. The first-order valence-electron chi connectivity index (χ1n) is 8.38. The number of hydrogen-bond acceptors (Lipinski definition) is 2. The maximum absolute atomic E-state index is 4.66. The van der Waals surface area contributed by atoms with Gasteiger partial charge in [0.15, 0.2) is 0 Å². The molecular weight excluding hydrogens is 246 g/mol. The van der Waals surface area contributed by atoms with Crippen LogP contribution in [0.5, 0.6) is 0 Å². The monoisotopic (exact) mass is 277 g/mol. The van der Waals surface area contributed by atoms with Crippen LogP contribution in [0.2, 0.25) is 0 Å². The topological polar surface area (TPSA) is 29.9 Å². The van der Waals surface area contributed by atoms with Crippen molar-refractivity contribution < 1.29 is 0 Å². The molecule has 3 atom stereocenters. The minimum Gasteiger partial charge on any atom is -0.307 e. The number of nitrogens with zero attached hydrogens (tertiary/aromatic N) is 2. The van der Waals surface area contributed by atoms with E-state index in [4.69, 9.17) is 0 Å². The van der Waals surface area contributed by atoms with Gasteiger partial charge in [-0.3, -0.25) is 4.68 Å². The Morgan fingerprint density at radius 3 is 2.55 bits per heavy atom. The van der Waals surface area contributed by atoms with Gasteiger partial charge >= 0.3 is 0 Å². The van der Waals surface area contributed by atoms with Crippen LogP contribution in [0, 0.1) is 19.8 Å². The molecule has 0 amide bonds. The van der Waals surface area contributed by atoms with Crippen molar-refractivity contribution >= 4 is 0 Å². The summed E-state index contributed by atoms with van der Waals surface area (Å²) in [7, 11) is 0. The SMILES string of the molecule is CCC1CCCCC1NC(C)c1c(C)nn(CC)c1C. The zero-order chi connectivity index (χ0) is 14.7. The van der Waals surface area contributed by atoms with Gasteiger partial charge in [0.1, 0.15) is 0 Å². The van der Waals surface area contributed by atoms with Crippen molar-refractivity contribution in [1.29, 1.82) is 0 Å². The molecule has 1 aromatic heterocycles. The van der Waals surface area contributed by atoms with Gasteiger partial charge in [0.25, 0.3) is 0 Å². The van der Waals surface area contributed by atoms with Crippen LogP contribution in [0.1, 0.15) is 75.9 Å². The van der Waals surface area contributed by atoms with Gasteiger partial charge in [-0.05, 0) is 46.5 Å². The van der Waals surface area contributed by atoms with Crippen molar-refractivity contribution in [3.63, 3.8) is 0 Å². The smallest absolute Gasteiger partial charge is 0.0644 e. The Hall–Kier alpha value is -0.830. The molecule has 0 radical (unpaired) electrons. The lowest BCUT2D eigenvalue weighted by Gasteiger charge is -2.34. The van der Waals surface area contributed by atoms with E-state index in [0.29, 0.717) is 12.1 Å². The van der Waals surface area contributed by atoms with Gasteiger partial charge in [-0.25, -0.2) is 0 Å². The normalized spacial score (nSPS) is 24.9. The molecule has 0 spiro atoms. The number of rotatable bonds is 5. The zero-order valence-corrected chi connectivity index (χ0v) is 13.9. The van der Waals surface area contributed by atoms with E-state index in [1.807, 2.05) is 0 Å². The minimum absolute atomic E-state index is 0.410. The predicted octanol–water partition coefficient (Wildman–Crippen LogP) is 4.14. The summed E-state index contributed by atoms with van der Waals surface area (Å²) < 4.78 is 2.13. The van der Waals surface area contributed by atoms with Crippen molar-refractivity contribution in [2.45, 2.75) is 85.4 Å². The highest BCUT2D eigenvalue weighted by atomic mass is 15.3. The molecule has 1 fully saturated rings. The number of aryl methyl sites for hydroxylation is 2. The lowest BCUT2D eigenvalue weighted by Crippen LogP contribution is -2.39. The summed E-state index contributed by atoms with van der Waals surface area (Å²) >= 11 is 0. The van der Waals surface area contributed by atoms with E-state index in [-0.39, 0.29) is 0 Å². The highest BCUT2D eigenvalue weighted by Crippen LogP contribution is 2.30. The third-order valence-electron chi connectivity index (χ3n) is 5.07. The Balaban J connectivity index is 2.11. The highest BCUT2D eigenvalue weighted by molar-refractivity contribution is 5.28. The van der Waals surface area contributed by atoms with Gasteiger partial charge in [0, 0.05) is 29.9 Å². The third kappa shape index (κ3) is 3.08. The van der Waals surface area contributed by atoms with Crippen molar-refractivity contribution in [2.24, 2.45) is 5.92 Å². The van der Waals surface area contributed by atoms with Crippen LogP contribution in [0.25, 0.3) is 0 Å². The van der Waals surface area contributed by atoms with Gasteiger partial charge in [0.05, 0.1) is 5.69 Å². The molecule has 2 rings (SSSR count). The molecular formula is C17H31N3. The summed E-state index contributed by atoms with van der Waals surface area (Å²) in [6, 6.07) is 1.10. The van der Waals surface area contributed by atoms with Crippen LogP contribution >= 0.6 is 0 Å². The highest BCUT2D eigenvalue weighted by Gasteiger charge is 2.26. The van der Waals surface area contributed by atoms with Crippen LogP contribution in [-0.2, 0) is 6.54 Å². The summed E-state index contributed by atoms with van der Waals surface area (Å²) in [6.07, 6.45) is 6.83. The molecule has 3 nitrogen and oxygen atoms in total. The second-order valence-corrected chi connectivity index (χ2v) is 6.35. The molecule has 114 valence electrons. The minimum atomic E-state index is 0.410. The largest absolute Gasteiger partial charge is 0.307 e. The van der Waals surface area contributed by atoms with Crippen LogP contribution in [0.3, 0.4) is 0 Å². The van der Waals surface area contributed by atoms with E-state index in [9.17, 15) is 0 Å². The lowest BCUT2D eigenvalue weighted by atomic mass is 9.82. The fourth-order valence-electron chi connectivity index (χ4n) is 3.97. The Labute approximate surface area is 124 Å². The molecule has 1 aliphatic carbocycles. The average molecular weight is 277 g/mol. The first kappa shape index (κ1) is 15.6. The second-order valence-electron chi connectivity index (χ2n) is 6.35. The van der Waals surface area contributed by atoms with Gasteiger partial charge in [-0.1, -0.05) is 26.2 Å². The second kappa shape index (κ2) is 6.75. The van der Waals surface area contributed by atoms with Gasteiger partial charge in [0.2, 0.25) is 0 Å². The van der Waals surface area contributed by atoms with E-state index >= 15 is 0 Å². The Morgan fingerprint density at radius 2 is 1.95 bits per heavy atom. The average Bonchev–Trinajstić information content (AvgIpc) is 2.73. The first-order chi connectivity index (χ1) is 9.58. The quantitative estimate of drug-likeness (QED) is 0.876. The van der Waals surface area contributed by atoms with E-state index in [2.05, 4.69) is 49.7 Å². The molecule has 3 heteroatoms. The molecule has 0 saturated heterocycles. The molecule has 0 aromatic carbocycles. The predicted molar refractivity (Wildman–Crippen MR) is 85.0 cm³/mol. The van der Waals surface area contributed by atoms with Crippen LogP contribution in [0.4, 0.5) is 0 Å². The van der Waals surface area contributed by atoms with E-state index in [1.54, 1.807) is 0 Å². The van der Waals surface area contributed by atoms with Crippen molar-refractivity contribution in [2.75, 3.05) is 0 Å². The molecule has 1 aliphatic rings. The van der Waals surface area contributed by atoms with E-state index in [1.165, 1.54) is 49.1 Å². The standard InChI is InChI=1S/C17H31N3/c1-6-15-10-8-9-11-16(15)18-12(3)17-13(4)19-20(7-2)14(17)5/h12,15-16,18H,6-11H2,1-5H3. The molecule has 0 aliphatic heterocycles. The van der Waals surface area contributed by atoms with Crippen LogP contribution < -0.4 is 5.32 Å². The number of aromatic nitrogens is 2. The van der Waals surface area contributed by atoms with Gasteiger partial charge in [-0.15, -0.1) is 0 Å².